The molecule has 126 valence electrons. The van der Waals surface area contributed by atoms with Crippen molar-refractivity contribution in [1.29, 1.82) is 0 Å². The van der Waals surface area contributed by atoms with Crippen molar-refractivity contribution in [3.63, 3.8) is 0 Å². The second kappa shape index (κ2) is 7.40. The van der Waals surface area contributed by atoms with Crippen molar-refractivity contribution in [2.45, 2.75) is 26.1 Å². The smallest absolute Gasteiger partial charge is 0.385 e. The van der Waals surface area contributed by atoms with E-state index in [2.05, 4.69) is 20.4 Å². The molecular weight excluding hydrogens is 311 g/mol. The molecule has 0 fully saturated rings. The number of nitrogens with one attached hydrogen (secondary N) is 1. The number of aromatic nitrogens is 4. The maximum Gasteiger partial charge on any atom is 0.433 e. The zero-order chi connectivity index (χ0) is 16.9. The molecule has 0 aliphatic rings. The molecule has 2 heterocycles. The molecule has 0 aromatic carbocycles. The number of halogens is 3. The van der Waals surface area contributed by atoms with Crippen molar-refractivity contribution in [1.82, 2.24) is 19.7 Å². The Hall–Kier alpha value is -2.16. The Kier molecular flexibility index (Phi) is 5.54. The van der Waals surface area contributed by atoms with Crippen LogP contribution in [0.1, 0.15) is 19.0 Å². The lowest BCUT2D eigenvalue weighted by atomic mass is 10.2. The van der Waals surface area contributed by atoms with E-state index in [1.165, 1.54) is 6.20 Å². The van der Waals surface area contributed by atoms with Gasteiger partial charge in [-0.05, 0) is 19.4 Å². The number of hydrogen-bond acceptors (Lipinski definition) is 5. The van der Waals surface area contributed by atoms with Crippen LogP contribution >= 0.6 is 0 Å². The molecular formula is C14H18F3N5O. The summed E-state index contributed by atoms with van der Waals surface area (Å²) in [6.45, 7) is 3.44. The highest BCUT2D eigenvalue weighted by molar-refractivity contribution is 5.59. The lowest BCUT2D eigenvalue weighted by Gasteiger charge is -2.11. The van der Waals surface area contributed by atoms with Gasteiger partial charge >= 0.3 is 6.18 Å². The molecule has 0 aliphatic carbocycles. The van der Waals surface area contributed by atoms with Crippen LogP contribution in [0.5, 0.6) is 0 Å². The third-order valence-corrected chi connectivity index (χ3v) is 3.08. The quantitative estimate of drug-likeness (QED) is 0.791. The van der Waals surface area contributed by atoms with E-state index in [1.54, 1.807) is 18.0 Å². The molecule has 0 aliphatic heterocycles. The number of aryl methyl sites for hydroxylation is 1. The van der Waals surface area contributed by atoms with Crippen LogP contribution in [0, 0.1) is 0 Å². The first-order valence-corrected chi connectivity index (χ1v) is 7.16. The topological polar surface area (TPSA) is 64.9 Å². The normalized spacial score (nSPS) is 11.7. The molecule has 0 bridgehead atoms. The highest BCUT2D eigenvalue weighted by atomic mass is 19.4. The zero-order valence-electron chi connectivity index (χ0n) is 12.9. The van der Waals surface area contributed by atoms with Crippen LogP contribution in [0.3, 0.4) is 0 Å². The first kappa shape index (κ1) is 17.2. The van der Waals surface area contributed by atoms with Crippen LogP contribution in [0.15, 0.2) is 18.5 Å². The van der Waals surface area contributed by atoms with E-state index >= 15 is 0 Å². The van der Waals surface area contributed by atoms with E-state index in [4.69, 9.17) is 4.74 Å². The average molecular weight is 329 g/mol. The van der Waals surface area contributed by atoms with Crippen molar-refractivity contribution in [3.05, 3.63) is 24.2 Å². The molecule has 23 heavy (non-hydrogen) atoms. The van der Waals surface area contributed by atoms with Gasteiger partial charge in [-0.25, -0.2) is 9.97 Å². The minimum Gasteiger partial charge on any atom is -0.385 e. The SMILES string of the molecule is CCn1cc(-c2cc(C(F)(F)F)nc(NCCCOC)n2)cn1. The summed E-state index contributed by atoms with van der Waals surface area (Å²) < 4.78 is 45.6. The zero-order valence-corrected chi connectivity index (χ0v) is 12.9. The molecule has 0 saturated heterocycles. The summed E-state index contributed by atoms with van der Waals surface area (Å²) in [5.74, 6) is -0.0600. The molecule has 2 aromatic rings. The van der Waals surface area contributed by atoms with E-state index < -0.39 is 11.9 Å². The Balaban J connectivity index is 2.29. The highest BCUT2D eigenvalue weighted by Gasteiger charge is 2.33. The molecule has 1 N–H and O–H groups in total. The van der Waals surface area contributed by atoms with E-state index in [0.29, 0.717) is 31.7 Å². The summed E-state index contributed by atoms with van der Waals surface area (Å²) >= 11 is 0. The van der Waals surface area contributed by atoms with Crippen LogP contribution in [-0.4, -0.2) is 40.0 Å². The highest BCUT2D eigenvalue weighted by Crippen LogP contribution is 2.31. The minimum atomic E-state index is -4.54. The Morgan fingerprint density at radius 2 is 2.09 bits per heavy atom. The molecule has 0 spiro atoms. The van der Waals surface area contributed by atoms with Gasteiger partial charge in [-0.2, -0.15) is 18.3 Å². The van der Waals surface area contributed by atoms with E-state index in [-0.39, 0.29) is 11.6 Å². The standard InChI is InChI=1S/C14H18F3N5O/c1-3-22-9-10(8-19-22)11-7-12(14(15,16)17)21-13(20-11)18-5-4-6-23-2/h7-9H,3-6H2,1-2H3,(H,18,20,21). The Morgan fingerprint density at radius 3 is 2.70 bits per heavy atom. The number of methoxy groups -OCH3 is 1. The molecule has 0 unspecified atom stereocenters. The van der Waals surface area contributed by atoms with Crippen molar-refractivity contribution >= 4 is 5.95 Å². The molecule has 6 nitrogen and oxygen atoms in total. The maximum absolute atomic E-state index is 13.0. The third kappa shape index (κ3) is 4.65. The first-order valence-electron chi connectivity index (χ1n) is 7.16. The van der Waals surface area contributed by atoms with Crippen LogP contribution in [0.25, 0.3) is 11.3 Å². The molecule has 9 heteroatoms. The van der Waals surface area contributed by atoms with E-state index in [0.717, 1.165) is 6.07 Å². The molecule has 0 saturated carbocycles. The number of alkyl halides is 3. The van der Waals surface area contributed by atoms with Gasteiger partial charge in [0.15, 0.2) is 5.69 Å². The molecule has 0 amide bonds. The fourth-order valence-electron chi connectivity index (χ4n) is 1.90. The van der Waals surface area contributed by atoms with Gasteiger partial charge < -0.3 is 10.1 Å². The number of anilines is 1. The second-order valence-electron chi connectivity index (χ2n) is 4.82. The van der Waals surface area contributed by atoms with Gasteiger partial charge in [0.2, 0.25) is 5.95 Å². The van der Waals surface area contributed by atoms with Crippen LogP contribution in [0.4, 0.5) is 19.1 Å². The fraction of sp³-hybridized carbons (Fsp3) is 0.500. The predicted octanol–water partition coefficient (Wildman–Crippen LogP) is 2.83. The lowest BCUT2D eigenvalue weighted by Crippen LogP contribution is -2.14. The molecule has 0 atom stereocenters. The van der Waals surface area contributed by atoms with Gasteiger partial charge in [-0.1, -0.05) is 0 Å². The number of hydrogen-bond donors (Lipinski definition) is 1. The van der Waals surface area contributed by atoms with Crippen molar-refractivity contribution in [2.24, 2.45) is 0 Å². The summed E-state index contributed by atoms with van der Waals surface area (Å²) in [4.78, 5) is 7.69. The monoisotopic (exact) mass is 329 g/mol. The number of nitrogens with zero attached hydrogens (tertiary/aromatic N) is 4. The Bertz CT molecular complexity index is 642. The van der Waals surface area contributed by atoms with Gasteiger partial charge in [-0.3, -0.25) is 4.68 Å². The number of rotatable bonds is 7. The predicted molar refractivity (Wildman–Crippen MR) is 78.9 cm³/mol. The molecule has 2 aromatic heterocycles. The molecule has 0 radical (unpaired) electrons. The van der Waals surface area contributed by atoms with Gasteiger partial charge in [0.1, 0.15) is 0 Å². The first-order chi connectivity index (χ1) is 10.9. The Labute approximate surface area is 131 Å². The van der Waals surface area contributed by atoms with E-state index in [1.807, 2.05) is 6.92 Å². The number of ether oxygens (including phenoxy) is 1. The lowest BCUT2D eigenvalue weighted by molar-refractivity contribution is -0.141. The van der Waals surface area contributed by atoms with Gasteiger partial charge in [0, 0.05) is 38.6 Å². The van der Waals surface area contributed by atoms with Gasteiger partial charge in [0.05, 0.1) is 11.9 Å². The van der Waals surface area contributed by atoms with Crippen molar-refractivity contribution < 1.29 is 17.9 Å². The van der Waals surface area contributed by atoms with Gasteiger partial charge in [-0.15, -0.1) is 0 Å². The Morgan fingerprint density at radius 1 is 1.30 bits per heavy atom. The van der Waals surface area contributed by atoms with Gasteiger partial charge in [0.25, 0.3) is 0 Å². The third-order valence-electron chi connectivity index (χ3n) is 3.08. The summed E-state index contributed by atoms with van der Waals surface area (Å²) in [5, 5.41) is 6.85. The van der Waals surface area contributed by atoms with E-state index in [9.17, 15) is 13.2 Å². The van der Waals surface area contributed by atoms with Crippen molar-refractivity contribution in [3.8, 4) is 11.3 Å². The second-order valence-corrected chi connectivity index (χ2v) is 4.82. The van der Waals surface area contributed by atoms with Crippen LogP contribution < -0.4 is 5.32 Å². The maximum atomic E-state index is 13.0. The van der Waals surface area contributed by atoms with Crippen LogP contribution in [0.2, 0.25) is 0 Å². The molecule has 2 rings (SSSR count). The summed E-state index contributed by atoms with van der Waals surface area (Å²) in [6, 6.07) is 0.928. The summed E-state index contributed by atoms with van der Waals surface area (Å²) in [5.41, 5.74) is -0.290. The van der Waals surface area contributed by atoms with Crippen molar-refractivity contribution in [2.75, 3.05) is 25.6 Å². The largest absolute Gasteiger partial charge is 0.433 e. The minimum absolute atomic E-state index is 0.0600. The fourth-order valence-corrected chi connectivity index (χ4v) is 1.90. The summed E-state index contributed by atoms with van der Waals surface area (Å²) in [6.07, 6.45) is -0.765. The average Bonchev–Trinajstić information content (AvgIpc) is 2.99. The summed E-state index contributed by atoms with van der Waals surface area (Å²) in [7, 11) is 1.56. The van der Waals surface area contributed by atoms with Crippen LogP contribution in [-0.2, 0) is 17.5 Å².